The predicted octanol–water partition coefficient (Wildman–Crippen LogP) is 1.17. The SMILES string of the molecule is C/C(=C\c1ccccc1N(C)C)C(=O)NC(=N)N. The smallest absolute Gasteiger partial charge is 0.253 e. The number of anilines is 1. The number of nitrogens with two attached hydrogens (primary N) is 1. The van der Waals surface area contributed by atoms with Crippen LogP contribution in [0.1, 0.15) is 12.5 Å². The highest BCUT2D eigenvalue weighted by Crippen LogP contribution is 2.20. The van der Waals surface area contributed by atoms with Crippen LogP contribution in [0, 0.1) is 5.41 Å². The number of benzene rings is 1. The molecule has 0 unspecified atom stereocenters. The van der Waals surface area contributed by atoms with Crippen LogP contribution in [-0.4, -0.2) is 26.0 Å². The third kappa shape index (κ3) is 3.62. The molecular weight excluding hydrogens is 228 g/mol. The fourth-order valence-electron chi connectivity index (χ4n) is 1.54. The highest BCUT2D eigenvalue weighted by Gasteiger charge is 2.07. The molecule has 5 heteroatoms. The summed E-state index contributed by atoms with van der Waals surface area (Å²) in [7, 11) is 3.88. The molecule has 0 fully saturated rings. The van der Waals surface area contributed by atoms with E-state index in [1.165, 1.54) is 0 Å². The van der Waals surface area contributed by atoms with Crippen molar-refractivity contribution in [3.05, 3.63) is 35.4 Å². The van der Waals surface area contributed by atoms with E-state index in [0.29, 0.717) is 5.57 Å². The van der Waals surface area contributed by atoms with Crippen LogP contribution in [0.4, 0.5) is 5.69 Å². The van der Waals surface area contributed by atoms with Crippen molar-refractivity contribution < 1.29 is 4.79 Å². The number of carbonyl (C=O) groups is 1. The lowest BCUT2D eigenvalue weighted by Gasteiger charge is -2.15. The van der Waals surface area contributed by atoms with Crippen molar-refractivity contribution in [2.24, 2.45) is 5.73 Å². The lowest BCUT2D eigenvalue weighted by Crippen LogP contribution is -2.36. The Bertz CT molecular complexity index is 492. The molecule has 1 amide bonds. The molecule has 4 N–H and O–H groups in total. The summed E-state index contributed by atoms with van der Waals surface area (Å²) in [5.74, 6) is -0.718. The molecule has 0 radical (unpaired) electrons. The van der Waals surface area contributed by atoms with Crippen molar-refractivity contribution in [2.75, 3.05) is 19.0 Å². The zero-order chi connectivity index (χ0) is 13.7. The van der Waals surface area contributed by atoms with Crippen LogP contribution < -0.4 is 16.0 Å². The van der Waals surface area contributed by atoms with Crippen molar-refractivity contribution in [3.8, 4) is 0 Å². The monoisotopic (exact) mass is 246 g/mol. The molecule has 18 heavy (non-hydrogen) atoms. The van der Waals surface area contributed by atoms with Gasteiger partial charge in [0.25, 0.3) is 5.91 Å². The van der Waals surface area contributed by atoms with E-state index < -0.39 is 0 Å². The van der Waals surface area contributed by atoms with E-state index in [4.69, 9.17) is 11.1 Å². The van der Waals surface area contributed by atoms with E-state index >= 15 is 0 Å². The van der Waals surface area contributed by atoms with Gasteiger partial charge in [0.2, 0.25) is 0 Å². The number of para-hydroxylation sites is 1. The number of hydrogen-bond donors (Lipinski definition) is 3. The molecule has 0 atom stereocenters. The van der Waals surface area contributed by atoms with Crippen molar-refractivity contribution in [1.29, 1.82) is 5.41 Å². The van der Waals surface area contributed by atoms with Crippen LogP contribution in [0.25, 0.3) is 6.08 Å². The van der Waals surface area contributed by atoms with Crippen molar-refractivity contribution in [1.82, 2.24) is 5.32 Å². The fraction of sp³-hybridized carbons (Fsp3) is 0.231. The fourth-order valence-corrected chi connectivity index (χ4v) is 1.54. The number of amides is 1. The van der Waals surface area contributed by atoms with Crippen LogP contribution in [0.5, 0.6) is 0 Å². The number of rotatable bonds is 3. The normalized spacial score (nSPS) is 10.9. The Morgan fingerprint density at radius 1 is 1.39 bits per heavy atom. The van der Waals surface area contributed by atoms with Crippen LogP contribution in [0.3, 0.4) is 0 Å². The van der Waals surface area contributed by atoms with E-state index in [1.54, 1.807) is 13.0 Å². The first-order valence-electron chi connectivity index (χ1n) is 5.52. The van der Waals surface area contributed by atoms with Gasteiger partial charge in [0.15, 0.2) is 5.96 Å². The molecule has 0 heterocycles. The Kier molecular flexibility index (Phi) is 4.48. The third-order valence-corrected chi connectivity index (χ3v) is 2.40. The Morgan fingerprint density at radius 2 is 2.00 bits per heavy atom. The summed E-state index contributed by atoms with van der Waals surface area (Å²) < 4.78 is 0. The first-order valence-corrected chi connectivity index (χ1v) is 5.52. The van der Waals surface area contributed by atoms with Gasteiger partial charge in [0, 0.05) is 25.4 Å². The molecule has 1 rings (SSSR count). The summed E-state index contributed by atoms with van der Waals surface area (Å²) >= 11 is 0. The zero-order valence-electron chi connectivity index (χ0n) is 10.8. The molecule has 0 saturated heterocycles. The molecule has 96 valence electrons. The first kappa shape index (κ1) is 13.8. The van der Waals surface area contributed by atoms with E-state index in [9.17, 15) is 4.79 Å². The molecule has 1 aromatic rings. The molecule has 0 aliphatic rings. The minimum Gasteiger partial charge on any atom is -0.377 e. The Balaban J connectivity index is 3.02. The van der Waals surface area contributed by atoms with E-state index in [-0.39, 0.29) is 11.9 Å². The van der Waals surface area contributed by atoms with Gasteiger partial charge in [-0.3, -0.25) is 15.5 Å². The summed E-state index contributed by atoms with van der Waals surface area (Å²) in [6.45, 7) is 1.69. The van der Waals surface area contributed by atoms with Gasteiger partial charge in [0.1, 0.15) is 0 Å². The lowest BCUT2D eigenvalue weighted by molar-refractivity contribution is -0.116. The second-order valence-corrected chi connectivity index (χ2v) is 4.15. The number of guanidine groups is 1. The number of hydrogen-bond acceptors (Lipinski definition) is 3. The van der Waals surface area contributed by atoms with Gasteiger partial charge in [-0.2, -0.15) is 0 Å². The molecule has 0 aliphatic heterocycles. The molecular formula is C13H18N4O. The second kappa shape index (κ2) is 5.86. The number of carbonyl (C=O) groups excluding carboxylic acids is 1. The van der Waals surface area contributed by atoms with Gasteiger partial charge < -0.3 is 10.6 Å². The summed E-state index contributed by atoms with van der Waals surface area (Å²) in [4.78, 5) is 13.6. The summed E-state index contributed by atoms with van der Waals surface area (Å²) in [5, 5.41) is 9.27. The molecule has 0 saturated carbocycles. The topological polar surface area (TPSA) is 82.2 Å². The van der Waals surface area contributed by atoms with Gasteiger partial charge >= 0.3 is 0 Å². The summed E-state index contributed by atoms with van der Waals surface area (Å²) in [6.07, 6.45) is 1.77. The quantitative estimate of drug-likeness (QED) is 0.425. The van der Waals surface area contributed by atoms with Gasteiger partial charge in [0.05, 0.1) is 0 Å². The van der Waals surface area contributed by atoms with Crippen LogP contribution in [0.2, 0.25) is 0 Å². The average molecular weight is 246 g/mol. The standard InChI is InChI=1S/C13H18N4O/c1-9(12(18)16-13(14)15)8-10-6-4-5-7-11(10)17(2)3/h4-8H,1-3H3,(H4,14,15,16,18)/b9-8+. The summed E-state index contributed by atoms with van der Waals surface area (Å²) in [5.41, 5.74) is 7.58. The Labute approximate surface area is 107 Å². The number of nitrogens with zero attached hydrogens (tertiary/aromatic N) is 1. The van der Waals surface area contributed by atoms with Gasteiger partial charge in [-0.15, -0.1) is 0 Å². The van der Waals surface area contributed by atoms with Gasteiger partial charge in [-0.25, -0.2) is 0 Å². The van der Waals surface area contributed by atoms with E-state index in [0.717, 1.165) is 11.3 Å². The number of nitrogens with one attached hydrogen (secondary N) is 2. The second-order valence-electron chi connectivity index (χ2n) is 4.15. The maximum Gasteiger partial charge on any atom is 0.253 e. The largest absolute Gasteiger partial charge is 0.377 e. The highest BCUT2D eigenvalue weighted by atomic mass is 16.1. The predicted molar refractivity (Wildman–Crippen MR) is 74.5 cm³/mol. The van der Waals surface area contributed by atoms with Crippen molar-refractivity contribution in [3.63, 3.8) is 0 Å². The van der Waals surface area contributed by atoms with Gasteiger partial charge in [-0.1, -0.05) is 18.2 Å². The van der Waals surface area contributed by atoms with Gasteiger partial charge in [-0.05, 0) is 24.6 Å². The molecule has 0 spiro atoms. The minimum atomic E-state index is -0.365. The van der Waals surface area contributed by atoms with E-state index in [2.05, 4.69) is 5.32 Å². The zero-order valence-corrected chi connectivity index (χ0v) is 10.8. The Hall–Kier alpha value is -2.30. The lowest BCUT2D eigenvalue weighted by atomic mass is 10.1. The maximum absolute atomic E-state index is 11.6. The average Bonchev–Trinajstić information content (AvgIpc) is 2.28. The van der Waals surface area contributed by atoms with Crippen molar-refractivity contribution in [2.45, 2.75) is 6.92 Å². The molecule has 0 bridgehead atoms. The minimum absolute atomic E-state index is 0.353. The molecule has 0 aliphatic carbocycles. The third-order valence-electron chi connectivity index (χ3n) is 2.40. The van der Waals surface area contributed by atoms with Crippen molar-refractivity contribution >= 4 is 23.6 Å². The molecule has 5 nitrogen and oxygen atoms in total. The first-order chi connectivity index (χ1) is 8.41. The Morgan fingerprint density at radius 3 is 2.56 bits per heavy atom. The summed E-state index contributed by atoms with van der Waals surface area (Å²) in [6, 6.07) is 7.76. The highest BCUT2D eigenvalue weighted by molar-refractivity contribution is 6.06. The van der Waals surface area contributed by atoms with Crippen LogP contribution >= 0.6 is 0 Å². The van der Waals surface area contributed by atoms with Crippen LogP contribution in [-0.2, 0) is 4.79 Å². The van der Waals surface area contributed by atoms with Crippen LogP contribution in [0.15, 0.2) is 29.8 Å². The van der Waals surface area contributed by atoms with E-state index in [1.807, 2.05) is 43.3 Å². The maximum atomic E-state index is 11.6. The molecule has 0 aromatic heterocycles. The molecule has 1 aromatic carbocycles.